The van der Waals surface area contributed by atoms with Crippen LogP contribution in [-0.2, 0) is 0 Å². The SMILES string of the molecule is CC(C)c1cccc2sc(N3CCC(N(C)C)CC3)nc12. The first kappa shape index (κ1) is 14.8. The maximum atomic E-state index is 4.96. The number of benzene rings is 1. The molecule has 1 aliphatic rings. The summed E-state index contributed by atoms with van der Waals surface area (Å²) in [4.78, 5) is 9.78. The fraction of sp³-hybridized carbons (Fsp3) is 0.588. The molecule has 0 N–H and O–H groups in total. The lowest BCUT2D eigenvalue weighted by Gasteiger charge is -2.35. The van der Waals surface area contributed by atoms with E-state index in [1.165, 1.54) is 33.8 Å². The molecule has 2 heterocycles. The molecule has 3 rings (SSSR count). The summed E-state index contributed by atoms with van der Waals surface area (Å²) < 4.78 is 1.32. The summed E-state index contributed by atoms with van der Waals surface area (Å²) in [7, 11) is 4.37. The zero-order chi connectivity index (χ0) is 15.0. The Morgan fingerprint density at radius 3 is 2.57 bits per heavy atom. The number of nitrogens with zero attached hydrogens (tertiary/aromatic N) is 3. The Morgan fingerprint density at radius 1 is 1.24 bits per heavy atom. The van der Waals surface area contributed by atoms with Crippen molar-refractivity contribution in [1.82, 2.24) is 9.88 Å². The number of fused-ring (bicyclic) bond motifs is 1. The lowest BCUT2D eigenvalue weighted by Crippen LogP contribution is -2.41. The predicted octanol–water partition coefficient (Wildman–Crippen LogP) is 3.95. The number of piperidine rings is 1. The van der Waals surface area contributed by atoms with E-state index in [0.29, 0.717) is 5.92 Å². The summed E-state index contributed by atoms with van der Waals surface area (Å²) in [5.74, 6) is 0.531. The molecule has 4 heteroatoms. The number of para-hydroxylation sites is 1. The van der Waals surface area contributed by atoms with Gasteiger partial charge in [-0.05, 0) is 44.5 Å². The van der Waals surface area contributed by atoms with Crippen molar-refractivity contribution in [3.8, 4) is 0 Å². The molecule has 0 saturated carbocycles. The number of anilines is 1. The molecule has 21 heavy (non-hydrogen) atoms. The first-order valence-corrected chi connectivity index (χ1v) is 8.68. The van der Waals surface area contributed by atoms with Crippen molar-refractivity contribution in [3.63, 3.8) is 0 Å². The molecular formula is C17H25N3S. The highest BCUT2D eigenvalue weighted by atomic mass is 32.1. The average Bonchev–Trinajstić information content (AvgIpc) is 2.90. The minimum absolute atomic E-state index is 0.531. The maximum Gasteiger partial charge on any atom is 0.186 e. The van der Waals surface area contributed by atoms with Crippen molar-refractivity contribution >= 4 is 26.7 Å². The lowest BCUT2D eigenvalue weighted by atomic mass is 10.0. The summed E-state index contributed by atoms with van der Waals surface area (Å²) in [6.45, 7) is 6.74. The van der Waals surface area contributed by atoms with Gasteiger partial charge in [0, 0.05) is 19.1 Å². The van der Waals surface area contributed by atoms with Gasteiger partial charge in [-0.1, -0.05) is 37.3 Å². The van der Waals surface area contributed by atoms with Crippen LogP contribution in [0.3, 0.4) is 0 Å². The van der Waals surface area contributed by atoms with Gasteiger partial charge in [-0.3, -0.25) is 0 Å². The van der Waals surface area contributed by atoms with E-state index >= 15 is 0 Å². The van der Waals surface area contributed by atoms with Crippen molar-refractivity contribution in [2.45, 2.75) is 38.6 Å². The van der Waals surface area contributed by atoms with Crippen molar-refractivity contribution in [2.24, 2.45) is 0 Å². The van der Waals surface area contributed by atoms with E-state index < -0.39 is 0 Å². The Morgan fingerprint density at radius 2 is 1.95 bits per heavy atom. The fourth-order valence-electron chi connectivity index (χ4n) is 3.13. The van der Waals surface area contributed by atoms with Gasteiger partial charge in [0.1, 0.15) is 0 Å². The molecule has 1 aromatic carbocycles. The smallest absolute Gasteiger partial charge is 0.186 e. The summed E-state index contributed by atoms with van der Waals surface area (Å²) >= 11 is 1.85. The Hall–Kier alpha value is -1.13. The van der Waals surface area contributed by atoms with Crippen LogP contribution < -0.4 is 4.90 Å². The molecule has 0 spiro atoms. The first-order valence-electron chi connectivity index (χ1n) is 7.87. The Kier molecular flexibility index (Phi) is 4.18. The number of hydrogen-bond donors (Lipinski definition) is 0. The van der Waals surface area contributed by atoms with Crippen molar-refractivity contribution in [3.05, 3.63) is 23.8 Å². The van der Waals surface area contributed by atoms with Gasteiger partial charge in [0.25, 0.3) is 0 Å². The van der Waals surface area contributed by atoms with E-state index in [0.717, 1.165) is 19.1 Å². The molecule has 1 fully saturated rings. The maximum absolute atomic E-state index is 4.96. The lowest BCUT2D eigenvalue weighted by molar-refractivity contribution is 0.249. The second-order valence-corrected chi connectivity index (χ2v) is 7.54. The number of thiazole rings is 1. The molecule has 0 atom stereocenters. The average molecular weight is 303 g/mol. The molecule has 114 valence electrons. The van der Waals surface area contributed by atoms with E-state index in [-0.39, 0.29) is 0 Å². The molecule has 1 saturated heterocycles. The Labute approximate surface area is 131 Å². The monoisotopic (exact) mass is 303 g/mol. The summed E-state index contributed by atoms with van der Waals surface area (Å²) in [5, 5.41) is 1.20. The number of rotatable bonds is 3. The largest absolute Gasteiger partial charge is 0.348 e. The Bertz CT molecular complexity index is 610. The van der Waals surface area contributed by atoms with Crippen LogP contribution in [0, 0.1) is 0 Å². The fourth-order valence-corrected chi connectivity index (χ4v) is 4.18. The van der Waals surface area contributed by atoms with E-state index in [1.54, 1.807) is 0 Å². The van der Waals surface area contributed by atoms with Gasteiger partial charge in [0.05, 0.1) is 10.2 Å². The van der Waals surface area contributed by atoms with Crippen molar-refractivity contribution in [1.29, 1.82) is 0 Å². The van der Waals surface area contributed by atoms with E-state index in [2.05, 4.69) is 55.9 Å². The third-order valence-corrected chi connectivity index (χ3v) is 5.61. The van der Waals surface area contributed by atoms with Crippen molar-refractivity contribution < 1.29 is 0 Å². The van der Waals surface area contributed by atoms with Crippen molar-refractivity contribution in [2.75, 3.05) is 32.1 Å². The van der Waals surface area contributed by atoms with Crippen LogP contribution in [0.4, 0.5) is 5.13 Å². The minimum atomic E-state index is 0.531. The zero-order valence-electron chi connectivity index (χ0n) is 13.5. The standard InChI is InChI=1S/C17H25N3S/c1-12(2)14-6-5-7-15-16(14)18-17(21-15)20-10-8-13(9-11-20)19(3)4/h5-7,12-13H,8-11H2,1-4H3. The van der Waals surface area contributed by atoms with Crippen LogP contribution in [0.15, 0.2) is 18.2 Å². The second-order valence-electron chi connectivity index (χ2n) is 6.53. The molecule has 2 aromatic rings. The van der Waals surface area contributed by atoms with Crippen LogP contribution in [0.1, 0.15) is 38.2 Å². The molecule has 0 amide bonds. The first-order chi connectivity index (χ1) is 10.1. The molecular weight excluding hydrogens is 278 g/mol. The summed E-state index contributed by atoms with van der Waals surface area (Å²) in [6, 6.07) is 7.31. The normalized spacial score (nSPS) is 17.3. The number of hydrogen-bond acceptors (Lipinski definition) is 4. The molecule has 0 radical (unpaired) electrons. The van der Waals surface area contributed by atoms with Gasteiger partial charge in [0.15, 0.2) is 5.13 Å². The topological polar surface area (TPSA) is 19.4 Å². The molecule has 1 aromatic heterocycles. The third kappa shape index (κ3) is 2.92. The van der Waals surface area contributed by atoms with Crippen LogP contribution in [0.5, 0.6) is 0 Å². The highest BCUT2D eigenvalue weighted by molar-refractivity contribution is 7.22. The third-order valence-electron chi connectivity index (χ3n) is 4.53. The molecule has 1 aliphatic heterocycles. The van der Waals surface area contributed by atoms with Crippen LogP contribution in [-0.4, -0.2) is 43.1 Å². The quantitative estimate of drug-likeness (QED) is 0.856. The van der Waals surface area contributed by atoms with Crippen LogP contribution >= 0.6 is 11.3 Å². The van der Waals surface area contributed by atoms with Gasteiger partial charge < -0.3 is 9.80 Å². The molecule has 3 nitrogen and oxygen atoms in total. The Balaban J connectivity index is 1.84. The zero-order valence-corrected chi connectivity index (χ0v) is 14.3. The van der Waals surface area contributed by atoms with Gasteiger partial charge in [-0.2, -0.15) is 0 Å². The summed E-state index contributed by atoms with van der Waals surface area (Å²) in [5.41, 5.74) is 2.58. The summed E-state index contributed by atoms with van der Waals surface area (Å²) in [6.07, 6.45) is 2.47. The molecule has 0 aliphatic carbocycles. The van der Waals surface area contributed by atoms with E-state index in [9.17, 15) is 0 Å². The van der Waals surface area contributed by atoms with Crippen LogP contribution in [0.25, 0.3) is 10.2 Å². The van der Waals surface area contributed by atoms with Gasteiger partial charge in [0.2, 0.25) is 0 Å². The van der Waals surface area contributed by atoms with E-state index in [4.69, 9.17) is 4.98 Å². The minimum Gasteiger partial charge on any atom is -0.348 e. The van der Waals surface area contributed by atoms with Gasteiger partial charge in [-0.25, -0.2) is 4.98 Å². The highest BCUT2D eigenvalue weighted by Crippen LogP contribution is 2.34. The highest BCUT2D eigenvalue weighted by Gasteiger charge is 2.23. The van der Waals surface area contributed by atoms with E-state index in [1.807, 2.05) is 11.3 Å². The second kappa shape index (κ2) is 5.93. The van der Waals surface area contributed by atoms with Gasteiger partial charge in [-0.15, -0.1) is 0 Å². The molecule has 0 bridgehead atoms. The van der Waals surface area contributed by atoms with Gasteiger partial charge >= 0.3 is 0 Å². The predicted molar refractivity (Wildman–Crippen MR) is 92.6 cm³/mol. The molecule has 0 unspecified atom stereocenters. The van der Waals surface area contributed by atoms with Crippen LogP contribution in [0.2, 0.25) is 0 Å². The number of aromatic nitrogens is 1.